The molecule has 1 amide bonds. The third-order valence-electron chi connectivity index (χ3n) is 3.53. The van der Waals surface area contributed by atoms with E-state index in [0.717, 1.165) is 24.4 Å². The zero-order valence-corrected chi connectivity index (χ0v) is 13.2. The van der Waals surface area contributed by atoms with Gasteiger partial charge in [-0.15, -0.1) is 12.4 Å². The van der Waals surface area contributed by atoms with E-state index in [0.29, 0.717) is 12.1 Å². The molecule has 3 rings (SSSR count). The monoisotopic (exact) mass is 336 g/mol. The molecular formula is C17H18ClFN2O2. The minimum Gasteiger partial charge on any atom is -0.488 e. The van der Waals surface area contributed by atoms with Gasteiger partial charge in [0.1, 0.15) is 17.7 Å². The maximum absolute atomic E-state index is 12.8. The van der Waals surface area contributed by atoms with Gasteiger partial charge in [0.15, 0.2) is 0 Å². The summed E-state index contributed by atoms with van der Waals surface area (Å²) >= 11 is 0. The SMILES string of the molecule is Cl.O=C(NCc1ccc(F)cc1)c1ccc(OC2CNC2)cc1. The third-order valence-corrected chi connectivity index (χ3v) is 3.53. The molecule has 0 saturated carbocycles. The molecule has 23 heavy (non-hydrogen) atoms. The summed E-state index contributed by atoms with van der Waals surface area (Å²) in [6, 6.07) is 13.1. The summed E-state index contributed by atoms with van der Waals surface area (Å²) in [5.41, 5.74) is 1.42. The zero-order valence-electron chi connectivity index (χ0n) is 12.4. The van der Waals surface area contributed by atoms with Crippen molar-refractivity contribution in [1.29, 1.82) is 0 Å². The van der Waals surface area contributed by atoms with Gasteiger partial charge in [-0.1, -0.05) is 12.1 Å². The molecule has 6 heteroatoms. The van der Waals surface area contributed by atoms with E-state index in [1.165, 1.54) is 12.1 Å². The number of rotatable bonds is 5. The maximum Gasteiger partial charge on any atom is 0.251 e. The van der Waals surface area contributed by atoms with Gasteiger partial charge < -0.3 is 15.4 Å². The first-order chi connectivity index (χ1) is 10.7. The van der Waals surface area contributed by atoms with Gasteiger partial charge in [-0.2, -0.15) is 0 Å². The molecule has 0 radical (unpaired) electrons. The fraction of sp³-hybridized carbons (Fsp3) is 0.235. The van der Waals surface area contributed by atoms with E-state index in [1.54, 1.807) is 36.4 Å². The quantitative estimate of drug-likeness (QED) is 0.882. The molecule has 1 aliphatic rings. The second-order valence-electron chi connectivity index (χ2n) is 5.23. The molecule has 1 aliphatic heterocycles. The van der Waals surface area contributed by atoms with Crippen molar-refractivity contribution in [2.75, 3.05) is 13.1 Å². The van der Waals surface area contributed by atoms with Crippen molar-refractivity contribution in [3.05, 3.63) is 65.5 Å². The standard InChI is InChI=1S/C17H17FN2O2.ClH/c18-14-5-1-12(2-6-14)9-20-17(21)13-3-7-15(8-4-13)22-16-10-19-11-16;/h1-8,16,19H,9-11H2,(H,20,21);1H. The number of benzene rings is 2. The van der Waals surface area contributed by atoms with Crippen molar-refractivity contribution in [2.24, 2.45) is 0 Å². The Kier molecular flexibility index (Phi) is 5.96. The number of amides is 1. The molecule has 0 aliphatic carbocycles. The molecule has 2 aromatic carbocycles. The van der Waals surface area contributed by atoms with Crippen LogP contribution in [-0.2, 0) is 6.54 Å². The van der Waals surface area contributed by atoms with Crippen molar-refractivity contribution in [1.82, 2.24) is 10.6 Å². The molecular weight excluding hydrogens is 319 g/mol. The molecule has 4 nitrogen and oxygen atoms in total. The van der Waals surface area contributed by atoms with Crippen LogP contribution in [0.4, 0.5) is 4.39 Å². The highest BCUT2D eigenvalue weighted by atomic mass is 35.5. The molecule has 0 bridgehead atoms. The van der Waals surface area contributed by atoms with E-state index < -0.39 is 0 Å². The summed E-state index contributed by atoms with van der Waals surface area (Å²) in [7, 11) is 0. The van der Waals surface area contributed by atoms with E-state index in [4.69, 9.17) is 4.74 Å². The van der Waals surface area contributed by atoms with Crippen molar-refractivity contribution >= 4 is 18.3 Å². The Labute approximate surface area is 140 Å². The van der Waals surface area contributed by atoms with Crippen LogP contribution in [0.25, 0.3) is 0 Å². The van der Waals surface area contributed by atoms with Gasteiger partial charge >= 0.3 is 0 Å². The lowest BCUT2D eigenvalue weighted by Gasteiger charge is -2.27. The average molecular weight is 337 g/mol. The van der Waals surface area contributed by atoms with Gasteiger partial charge in [0.25, 0.3) is 5.91 Å². The van der Waals surface area contributed by atoms with Crippen molar-refractivity contribution < 1.29 is 13.9 Å². The van der Waals surface area contributed by atoms with Crippen molar-refractivity contribution in [2.45, 2.75) is 12.6 Å². The zero-order chi connectivity index (χ0) is 15.4. The second-order valence-corrected chi connectivity index (χ2v) is 5.23. The molecule has 0 aromatic heterocycles. The summed E-state index contributed by atoms with van der Waals surface area (Å²) in [6.45, 7) is 2.09. The molecule has 2 aromatic rings. The average Bonchev–Trinajstić information content (AvgIpc) is 2.51. The van der Waals surface area contributed by atoms with Gasteiger partial charge in [0, 0.05) is 25.2 Å². The number of halogens is 2. The number of carbonyl (C=O) groups excluding carboxylic acids is 1. The van der Waals surface area contributed by atoms with E-state index >= 15 is 0 Å². The Morgan fingerprint density at radius 1 is 1.13 bits per heavy atom. The molecule has 2 N–H and O–H groups in total. The number of ether oxygens (including phenoxy) is 1. The number of nitrogens with one attached hydrogen (secondary N) is 2. The van der Waals surface area contributed by atoms with Gasteiger partial charge in [-0.25, -0.2) is 4.39 Å². The lowest BCUT2D eigenvalue weighted by atomic mass is 10.1. The maximum atomic E-state index is 12.8. The first-order valence-electron chi connectivity index (χ1n) is 7.21. The first-order valence-corrected chi connectivity index (χ1v) is 7.21. The Morgan fingerprint density at radius 3 is 2.35 bits per heavy atom. The predicted molar refractivity (Wildman–Crippen MR) is 88.5 cm³/mol. The third kappa shape index (κ3) is 4.68. The van der Waals surface area contributed by atoms with E-state index in [2.05, 4.69) is 10.6 Å². The molecule has 122 valence electrons. The number of hydrogen-bond acceptors (Lipinski definition) is 3. The topological polar surface area (TPSA) is 50.4 Å². The summed E-state index contributed by atoms with van der Waals surface area (Å²) in [5, 5.41) is 5.94. The Morgan fingerprint density at radius 2 is 1.78 bits per heavy atom. The van der Waals surface area contributed by atoms with Crippen LogP contribution in [0.15, 0.2) is 48.5 Å². The van der Waals surface area contributed by atoms with Crippen LogP contribution in [0, 0.1) is 5.82 Å². The smallest absolute Gasteiger partial charge is 0.251 e. The summed E-state index contributed by atoms with van der Waals surface area (Å²) in [5.74, 6) is 0.315. The normalized spacial score (nSPS) is 13.6. The lowest BCUT2D eigenvalue weighted by Crippen LogP contribution is -2.50. The Hall–Kier alpha value is -2.11. The highest BCUT2D eigenvalue weighted by Gasteiger charge is 2.18. The summed E-state index contributed by atoms with van der Waals surface area (Å²) < 4.78 is 18.5. The lowest BCUT2D eigenvalue weighted by molar-refractivity contribution is 0.0950. The molecule has 1 fully saturated rings. The van der Waals surface area contributed by atoms with Crippen LogP contribution in [0.2, 0.25) is 0 Å². The molecule has 0 unspecified atom stereocenters. The minimum absolute atomic E-state index is 0. The largest absolute Gasteiger partial charge is 0.488 e. The highest BCUT2D eigenvalue weighted by molar-refractivity contribution is 5.94. The van der Waals surface area contributed by atoms with Crippen molar-refractivity contribution in [3.63, 3.8) is 0 Å². The molecule has 1 heterocycles. The minimum atomic E-state index is -0.285. The van der Waals surface area contributed by atoms with Crippen LogP contribution in [0.3, 0.4) is 0 Å². The van der Waals surface area contributed by atoms with Crippen LogP contribution < -0.4 is 15.4 Å². The summed E-state index contributed by atoms with van der Waals surface area (Å²) in [6.07, 6.45) is 0.221. The highest BCUT2D eigenvalue weighted by Crippen LogP contribution is 2.15. The molecule has 0 spiro atoms. The Bertz CT molecular complexity index is 643. The summed E-state index contributed by atoms with van der Waals surface area (Å²) in [4.78, 5) is 12.0. The second kappa shape index (κ2) is 7.94. The van der Waals surface area contributed by atoms with Crippen LogP contribution in [0.1, 0.15) is 15.9 Å². The predicted octanol–water partition coefficient (Wildman–Crippen LogP) is 2.53. The fourth-order valence-corrected chi connectivity index (χ4v) is 2.11. The van der Waals surface area contributed by atoms with Gasteiger partial charge in [-0.3, -0.25) is 4.79 Å². The van der Waals surface area contributed by atoms with Gasteiger partial charge in [0.2, 0.25) is 0 Å². The number of hydrogen-bond donors (Lipinski definition) is 2. The molecule has 0 atom stereocenters. The van der Waals surface area contributed by atoms with E-state index in [9.17, 15) is 9.18 Å². The van der Waals surface area contributed by atoms with Crippen molar-refractivity contribution in [3.8, 4) is 5.75 Å². The van der Waals surface area contributed by atoms with E-state index in [1.807, 2.05) is 0 Å². The van der Waals surface area contributed by atoms with Gasteiger partial charge in [-0.05, 0) is 42.0 Å². The Balaban J connectivity index is 0.00000192. The van der Waals surface area contributed by atoms with E-state index in [-0.39, 0.29) is 30.2 Å². The van der Waals surface area contributed by atoms with Crippen LogP contribution >= 0.6 is 12.4 Å². The first kappa shape index (κ1) is 17.2. The number of carbonyl (C=O) groups is 1. The van der Waals surface area contributed by atoms with Gasteiger partial charge in [0.05, 0.1) is 0 Å². The molecule has 1 saturated heterocycles. The fourth-order valence-electron chi connectivity index (χ4n) is 2.11. The van der Waals surface area contributed by atoms with Crippen LogP contribution in [-0.4, -0.2) is 25.1 Å². The van der Waals surface area contributed by atoms with Crippen LogP contribution in [0.5, 0.6) is 5.75 Å².